The number of anilines is 1. The van der Waals surface area contributed by atoms with Crippen LogP contribution in [-0.4, -0.2) is 79.1 Å². The summed E-state index contributed by atoms with van der Waals surface area (Å²) in [7, 11) is 5.54. The average Bonchev–Trinajstić information content (AvgIpc) is 3.06. The van der Waals surface area contributed by atoms with Crippen molar-refractivity contribution in [3.63, 3.8) is 0 Å². The van der Waals surface area contributed by atoms with Crippen LogP contribution in [0.5, 0.6) is 11.5 Å². The predicted molar refractivity (Wildman–Crippen MR) is 160 cm³/mol. The molecule has 4 rings (SSSR count). The molecule has 1 aliphatic rings. The minimum atomic E-state index is -1.25. The molecule has 3 aromatic carbocycles. The molecule has 0 bridgehead atoms. The fourth-order valence-corrected chi connectivity index (χ4v) is 5.56. The normalized spacial score (nSPS) is 16.0. The van der Waals surface area contributed by atoms with Crippen LogP contribution in [0.15, 0.2) is 71.6 Å². The molecule has 0 spiro atoms. The molecule has 1 amide bonds. The maximum atomic E-state index is 13.6. The van der Waals surface area contributed by atoms with Crippen LogP contribution in [0.3, 0.4) is 0 Å². The van der Waals surface area contributed by atoms with E-state index in [9.17, 15) is 24.3 Å². The minimum absolute atomic E-state index is 0.0277. The summed E-state index contributed by atoms with van der Waals surface area (Å²) in [5, 5.41) is 17.6. The third-order valence-electron chi connectivity index (χ3n) is 6.35. The van der Waals surface area contributed by atoms with E-state index < -0.39 is 23.8 Å². The zero-order chi connectivity index (χ0) is 31.0. The second kappa shape index (κ2) is 14.5. The highest BCUT2D eigenvalue weighted by atomic mass is 32.2. The van der Waals surface area contributed by atoms with Crippen LogP contribution in [0.25, 0.3) is 0 Å². The first-order valence-electron chi connectivity index (χ1n) is 13.0. The van der Waals surface area contributed by atoms with Gasteiger partial charge in [0, 0.05) is 24.9 Å². The van der Waals surface area contributed by atoms with E-state index in [-0.39, 0.29) is 28.1 Å². The number of thioether (sulfide) groups is 1. The van der Waals surface area contributed by atoms with E-state index in [1.54, 1.807) is 23.8 Å². The lowest BCUT2D eigenvalue weighted by Gasteiger charge is -2.28. The predicted octanol–water partition coefficient (Wildman–Crippen LogP) is 4.66. The molecule has 0 aliphatic carbocycles. The SMILES string of the molecule is CC(=O)c1cccc(C(=O)O)c1O.COc1ccc([C@@H]2Sc3ccccc3N(CCN(C)C)C(=O)[C@@H]2OC(C)=O)cc1. The molecule has 3 aromatic rings. The Morgan fingerprint density at radius 2 is 1.60 bits per heavy atom. The van der Waals surface area contributed by atoms with Gasteiger partial charge in [-0.1, -0.05) is 30.3 Å². The number of benzene rings is 3. The van der Waals surface area contributed by atoms with Crippen LogP contribution < -0.4 is 9.64 Å². The summed E-state index contributed by atoms with van der Waals surface area (Å²) in [6.45, 7) is 3.81. The van der Waals surface area contributed by atoms with Gasteiger partial charge in [-0.15, -0.1) is 11.8 Å². The summed E-state index contributed by atoms with van der Waals surface area (Å²) < 4.78 is 10.8. The van der Waals surface area contributed by atoms with Gasteiger partial charge in [-0.2, -0.15) is 0 Å². The number of carboxylic acid groups (broad SMARTS) is 1. The van der Waals surface area contributed by atoms with Crippen LogP contribution in [0.1, 0.15) is 45.4 Å². The summed E-state index contributed by atoms with van der Waals surface area (Å²) in [6, 6.07) is 19.4. The number of Topliss-reactive ketones (excluding diaryl/α,β-unsaturated/α-hetero) is 1. The second-order valence-electron chi connectivity index (χ2n) is 9.67. The van der Waals surface area contributed by atoms with Crippen molar-refractivity contribution in [2.75, 3.05) is 39.2 Å². The van der Waals surface area contributed by atoms with E-state index in [1.165, 1.54) is 32.0 Å². The van der Waals surface area contributed by atoms with E-state index in [1.807, 2.05) is 67.5 Å². The number of phenols is 1. The van der Waals surface area contributed by atoms with Gasteiger partial charge in [0.1, 0.15) is 17.1 Å². The van der Waals surface area contributed by atoms with Crippen LogP contribution >= 0.6 is 11.8 Å². The Labute approximate surface area is 248 Å². The van der Waals surface area contributed by atoms with Gasteiger partial charge in [-0.3, -0.25) is 14.4 Å². The number of para-hydroxylation sites is 2. The molecule has 0 radical (unpaired) electrons. The number of carboxylic acids is 1. The van der Waals surface area contributed by atoms with Crippen molar-refractivity contribution in [1.29, 1.82) is 0 Å². The number of carbonyl (C=O) groups excluding carboxylic acids is 3. The molecule has 0 unspecified atom stereocenters. The van der Waals surface area contributed by atoms with Gasteiger partial charge < -0.3 is 29.5 Å². The van der Waals surface area contributed by atoms with E-state index in [4.69, 9.17) is 14.6 Å². The number of esters is 1. The smallest absolute Gasteiger partial charge is 0.339 e. The Morgan fingerprint density at radius 1 is 0.952 bits per heavy atom. The molecule has 0 aromatic heterocycles. The first-order chi connectivity index (χ1) is 19.9. The number of carbonyl (C=O) groups is 4. The number of amides is 1. The summed E-state index contributed by atoms with van der Waals surface area (Å²) in [5.41, 5.74) is 1.52. The largest absolute Gasteiger partial charge is 0.506 e. The van der Waals surface area contributed by atoms with Gasteiger partial charge in [0.2, 0.25) is 0 Å². The fourth-order valence-electron chi connectivity index (χ4n) is 4.24. The highest BCUT2D eigenvalue weighted by Gasteiger charge is 2.40. The monoisotopic (exact) mass is 594 g/mol. The van der Waals surface area contributed by atoms with Gasteiger partial charge in [-0.25, -0.2) is 4.79 Å². The third-order valence-corrected chi connectivity index (χ3v) is 7.72. The number of nitrogens with zero attached hydrogens (tertiary/aromatic N) is 2. The van der Waals surface area contributed by atoms with Crippen molar-refractivity contribution in [2.24, 2.45) is 0 Å². The lowest BCUT2D eigenvalue weighted by atomic mass is 10.1. The van der Waals surface area contributed by atoms with Crippen LogP contribution in [0, 0.1) is 0 Å². The minimum Gasteiger partial charge on any atom is -0.506 e. The number of rotatable bonds is 8. The van der Waals surface area contributed by atoms with Gasteiger partial charge in [0.05, 0.1) is 23.6 Å². The zero-order valence-electron chi connectivity index (χ0n) is 24.1. The number of hydrogen-bond acceptors (Lipinski definition) is 9. The highest BCUT2D eigenvalue weighted by Crippen LogP contribution is 2.46. The molecule has 42 heavy (non-hydrogen) atoms. The standard InChI is InChI=1S/C22H26N2O4S.C9H8O4/c1-15(25)28-20-21(16-9-11-17(27-4)12-10-16)29-19-8-6-5-7-18(19)24(22(20)26)14-13-23(2)3;1-5(10)6-3-2-4-7(8(6)11)9(12)13/h5-12,20-21H,13-14H2,1-4H3;2-4,11H,1H3,(H,12,13)/t20-,21+;/m1./s1. The molecule has 10 nitrogen and oxygen atoms in total. The van der Waals surface area contributed by atoms with Crippen molar-refractivity contribution in [2.45, 2.75) is 30.1 Å². The average molecular weight is 595 g/mol. The summed E-state index contributed by atoms with van der Waals surface area (Å²) in [6.07, 6.45) is -0.916. The molecule has 222 valence electrons. The molecule has 0 saturated carbocycles. The van der Waals surface area contributed by atoms with Crippen LogP contribution in [-0.2, 0) is 14.3 Å². The van der Waals surface area contributed by atoms with Crippen molar-refractivity contribution < 1.29 is 38.9 Å². The Balaban J connectivity index is 0.000000312. The number of ether oxygens (including phenoxy) is 2. The van der Waals surface area contributed by atoms with Crippen molar-refractivity contribution in [3.05, 3.63) is 83.4 Å². The summed E-state index contributed by atoms with van der Waals surface area (Å²) in [4.78, 5) is 51.6. The fraction of sp³-hybridized carbons (Fsp3) is 0.290. The maximum Gasteiger partial charge on any atom is 0.339 e. The third kappa shape index (κ3) is 7.89. The van der Waals surface area contributed by atoms with Gasteiger partial charge in [0.15, 0.2) is 11.9 Å². The molecule has 0 saturated heterocycles. The Morgan fingerprint density at radius 3 is 2.17 bits per heavy atom. The number of aromatic carboxylic acids is 1. The Bertz CT molecular complexity index is 1410. The highest BCUT2D eigenvalue weighted by molar-refractivity contribution is 7.99. The number of methoxy groups -OCH3 is 1. The van der Waals surface area contributed by atoms with Crippen LogP contribution in [0.4, 0.5) is 5.69 Å². The first kappa shape index (κ1) is 32.2. The summed E-state index contributed by atoms with van der Waals surface area (Å²) in [5.74, 6) is -2.03. The summed E-state index contributed by atoms with van der Waals surface area (Å²) >= 11 is 1.54. The van der Waals surface area contributed by atoms with E-state index in [2.05, 4.69) is 0 Å². The first-order valence-corrected chi connectivity index (χ1v) is 13.9. The molecule has 11 heteroatoms. The lowest BCUT2D eigenvalue weighted by molar-refractivity contribution is -0.152. The van der Waals surface area contributed by atoms with E-state index in [0.29, 0.717) is 13.1 Å². The molecule has 2 N–H and O–H groups in total. The van der Waals surface area contributed by atoms with Gasteiger partial charge in [0.25, 0.3) is 5.91 Å². The molecular formula is C31H34N2O8S. The molecule has 1 aliphatic heterocycles. The molecule has 2 atom stereocenters. The Kier molecular flexibility index (Phi) is 11.1. The quantitative estimate of drug-likeness (QED) is 0.280. The topological polar surface area (TPSA) is 134 Å². The van der Waals surface area contributed by atoms with Crippen molar-refractivity contribution >= 4 is 41.1 Å². The zero-order valence-corrected chi connectivity index (χ0v) is 24.9. The van der Waals surface area contributed by atoms with Crippen molar-refractivity contribution in [3.8, 4) is 11.5 Å². The lowest BCUT2D eigenvalue weighted by Crippen LogP contribution is -2.45. The number of fused-ring (bicyclic) bond motifs is 1. The Hall–Kier alpha value is -4.35. The van der Waals surface area contributed by atoms with Crippen molar-refractivity contribution in [1.82, 2.24) is 4.90 Å². The van der Waals surface area contributed by atoms with Crippen LogP contribution in [0.2, 0.25) is 0 Å². The molecular weight excluding hydrogens is 560 g/mol. The number of ketones is 1. The number of hydrogen-bond donors (Lipinski definition) is 2. The number of aromatic hydroxyl groups is 1. The van der Waals surface area contributed by atoms with Gasteiger partial charge >= 0.3 is 11.9 Å². The molecule has 0 fully saturated rings. The molecule has 1 heterocycles. The van der Waals surface area contributed by atoms with E-state index in [0.717, 1.165) is 21.9 Å². The second-order valence-corrected chi connectivity index (χ2v) is 10.8. The maximum absolute atomic E-state index is 13.6. The number of likely N-dealkylation sites (N-methyl/N-ethyl adjacent to an activating group) is 1. The van der Waals surface area contributed by atoms with E-state index >= 15 is 0 Å². The van der Waals surface area contributed by atoms with Gasteiger partial charge in [-0.05, 0) is 63.0 Å².